The molecule has 5 heteroatoms. The van der Waals surface area contributed by atoms with E-state index in [2.05, 4.69) is 36.1 Å². The number of anilines is 1. The zero-order valence-corrected chi connectivity index (χ0v) is 13.6. The normalized spacial score (nSPS) is 14.5. The van der Waals surface area contributed by atoms with Crippen molar-refractivity contribution in [2.45, 2.75) is 6.92 Å². The van der Waals surface area contributed by atoms with Crippen molar-refractivity contribution >= 4 is 17.6 Å². The van der Waals surface area contributed by atoms with Crippen LogP contribution in [0.1, 0.15) is 26.3 Å². The fourth-order valence-corrected chi connectivity index (χ4v) is 2.86. The first-order valence-electron chi connectivity index (χ1n) is 7.99. The van der Waals surface area contributed by atoms with Gasteiger partial charge < -0.3 is 14.9 Å². The third-order valence-electron chi connectivity index (χ3n) is 4.34. The summed E-state index contributed by atoms with van der Waals surface area (Å²) < 4.78 is 0. The number of carboxylic acid groups (broad SMARTS) is 1. The van der Waals surface area contributed by atoms with Crippen molar-refractivity contribution < 1.29 is 14.7 Å². The molecule has 3 rings (SSSR count). The lowest BCUT2D eigenvalue weighted by atomic mass is 10.1. The average Bonchev–Trinajstić information content (AvgIpc) is 2.62. The van der Waals surface area contributed by atoms with E-state index in [0.29, 0.717) is 18.7 Å². The van der Waals surface area contributed by atoms with Crippen LogP contribution in [0.25, 0.3) is 0 Å². The van der Waals surface area contributed by atoms with Gasteiger partial charge in [0, 0.05) is 37.4 Å². The van der Waals surface area contributed by atoms with Gasteiger partial charge in [-0.15, -0.1) is 0 Å². The first-order chi connectivity index (χ1) is 11.5. The van der Waals surface area contributed by atoms with E-state index >= 15 is 0 Å². The summed E-state index contributed by atoms with van der Waals surface area (Å²) in [6.07, 6.45) is 0. The lowest BCUT2D eigenvalue weighted by Crippen LogP contribution is -2.48. The Kier molecular flexibility index (Phi) is 4.51. The second-order valence-electron chi connectivity index (χ2n) is 6.00. The largest absolute Gasteiger partial charge is 0.478 e. The Hall–Kier alpha value is -2.82. The number of amides is 1. The van der Waals surface area contributed by atoms with Crippen LogP contribution >= 0.6 is 0 Å². The molecule has 0 spiro atoms. The fourth-order valence-electron chi connectivity index (χ4n) is 2.86. The van der Waals surface area contributed by atoms with Crippen LogP contribution in [0, 0.1) is 6.92 Å². The molecule has 1 aliphatic rings. The number of nitrogens with zero attached hydrogens (tertiary/aromatic N) is 2. The molecule has 1 amide bonds. The number of carbonyl (C=O) groups excluding carboxylic acids is 1. The summed E-state index contributed by atoms with van der Waals surface area (Å²) >= 11 is 0. The van der Waals surface area contributed by atoms with E-state index < -0.39 is 5.97 Å². The van der Waals surface area contributed by atoms with Crippen molar-refractivity contribution in [2.24, 2.45) is 0 Å². The van der Waals surface area contributed by atoms with Gasteiger partial charge in [-0.2, -0.15) is 0 Å². The zero-order valence-electron chi connectivity index (χ0n) is 13.6. The Bertz CT molecular complexity index is 730. The molecule has 0 bridgehead atoms. The number of rotatable bonds is 3. The average molecular weight is 324 g/mol. The van der Waals surface area contributed by atoms with Gasteiger partial charge in [0.25, 0.3) is 5.91 Å². The molecular formula is C19H20N2O3. The van der Waals surface area contributed by atoms with Gasteiger partial charge in [0.1, 0.15) is 0 Å². The van der Waals surface area contributed by atoms with Crippen LogP contribution in [0.4, 0.5) is 5.69 Å². The molecule has 0 unspecified atom stereocenters. The number of hydrogen-bond acceptors (Lipinski definition) is 3. The SMILES string of the molecule is Cc1ccc(N2CCN(C(=O)c3ccc(C(=O)O)cc3)CC2)cc1. The van der Waals surface area contributed by atoms with Crippen molar-refractivity contribution in [1.82, 2.24) is 4.90 Å². The molecule has 0 saturated carbocycles. The Balaban J connectivity index is 1.62. The van der Waals surface area contributed by atoms with Crippen molar-refractivity contribution in [2.75, 3.05) is 31.1 Å². The monoisotopic (exact) mass is 324 g/mol. The predicted molar refractivity (Wildman–Crippen MR) is 92.7 cm³/mol. The lowest BCUT2D eigenvalue weighted by Gasteiger charge is -2.36. The molecular weight excluding hydrogens is 304 g/mol. The van der Waals surface area contributed by atoms with Crippen molar-refractivity contribution in [1.29, 1.82) is 0 Å². The van der Waals surface area contributed by atoms with Gasteiger partial charge >= 0.3 is 5.97 Å². The van der Waals surface area contributed by atoms with Gasteiger partial charge in [-0.3, -0.25) is 4.79 Å². The molecule has 1 saturated heterocycles. The first-order valence-corrected chi connectivity index (χ1v) is 7.99. The van der Waals surface area contributed by atoms with E-state index in [0.717, 1.165) is 13.1 Å². The maximum Gasteiger partial charge on any atom is 0.335 e. The molecule has 0 aromatic heterocycles. The van der Waals surface area contributed by atoms with E-state index in [1.54, 1.807) is 12.1 Å². The Morgan fingerprint density at radius 2 is 1.38 bits per heavy atom. The van der Waals surface area contributed by atoms with Crippen LogP contribution in [0.3, 0.4) is 0 Å². The smallest absolute Gasteiger partial charge is 0.335 e. The van der Waals surface area contributed by atoms with Crippen LogP contribution in [-0.4, -0.2) is 48.1 Å². The molecule has 2 aromatic rings. The van der Waals surface area contributed by atoms with E-state index in [-0.39, 0.29) is 11.5 Å². The van der Waals surface area contributed by atoms with E-state index in [9.17, 15) is 9.59 Å². The summed E-state index contributed by atoms with van der Waals surface area (Å²) in [5.41, 5.74) is 3.13. The predicted octanol–water partition coefficient (Wildman–Crippen LogP) is 2.66. The molecule has 1 heterocycles. The summed E-state index contributed by atoms with van der Waals surface area (Å²) in [7, 11) is 0. The summed E-state index contributed by atoms with van der Waals surface area (Å²) in [4.78, 5) is 27.5. The standard InChI is InChI=1S/C19H20N2O3/c1-14-2-8-17(9-3-14)20-10-12-21(13-11-20)18(22)15-4-6-16(7-5-15)19(23)24/h2-9H,10-13H2,1H3,(H,23,24). The number of carbonyl (C=O) groups is 2. The van der Waals surface area contributed by atoms with Gasteiger partial charge in [0.05, 0.1) is 5.56 Å². The number of aromatic carboxylic acids is 1. The Morgan fingerprint density at radius 1 is 0.833 bits per heavy atom. The number of carboxylic acids is 1. The quantitative estimate of drug-likeness (QED) is 0.943. The van der Waals surface area contributed by atoms with E-state index in [1.165, 1.54) is 23.4 Å². The van der Waals surface area contributed by atoms with Crippen molar-refractivity contribution in [3.05, 3.63) is 65.2 Å². The van der Waals surface area contributed by atoms with Gasteiger partial charge in [0.2, 0.25) is 0 Å². The van der Waals surface area contributed by atoms with Crippen LogP contribution < -0.4 is 4.90 Å². The highest BCUT2D eigenvalue weighted by atomic mass is 16.4. The van der Waals surface area contributed by atoms with Crippen LogP contribution in [0.5, 0.6) is 0 Å². The number of hydrogen-bond donors (Lipinski definition) is 1. The van der Waals surface area contributed by atoms with Crippen molar-refractivity contribution in [3.8, 4) is 0 Å². The lowest BCUT2D eigenvalue weighted by molar-refractivity contribution is 0.0693. The minimum Gasteiger partial charge on any atom is -0.478 e. The summed E-state index contributed by atoms with van der Waals surface area (Å²) in [5.74, 6) is -1.03. The molecule has 1 N–H and O–H groups in total. The summed E-state index contributed by atoms with van der Waals surface area (Å²) in [6, 6.07) is 14.5. The Morgan fingerprint density at radius 3 is 1.92 bits per heavy atom. The second-order valence-corrected chi connectivity index (χ2v) is 6.00. The molecule has 1 aliphatic heterocycles. The second kappa shape index (κ2) is 6.74. The summed E-state index contributed by atoms with van der Waals surface area (Å²) in [5, 5.41) is 8.92. The third kappa shape index (κ3) is 3.40. The Labute approximate surface area is 141 Å². The number of aryl methyl sites for hydroxylation is 1. The van der Waals surface area contributed by atoms with Crippen LogP contribution in [0.15, 0.2) is 48.5 Å². The molecule has 124 valence electrons. The molecule has 2 aromatic carbocycles. The van der Waals surface area contributed by atoms with Gasteiger partial charge in [-0.1, -0.05) is 17.7 Å². The van der Waals surface area contributed by atoms with Crippen LogP contribution in [0.2, 0.25) is 0 Å². The fraction of sp³-hybridized carbons (Fsp3) is 0.263. The zero-order chi connectivity index (χ0) is 17.1. The van der Waals surface area contributed by atoms with E-state index in [4.69, 9.17) is 5.11 Å². The highest BCUT2D eigenvalue weighted by Gasteiger charge is 2.22. The third-order valence-corrected chi connectivity index (χ3v) is 4.34. The molecule has 1 fully saturated rings. The van der Waals surface area contributed by atoms with Crippen molar-refractivity contribution in [3.63, 3.8) is 0 Å². The number of benzene rings is 2. The van der Waals surface area contributed by atoms with E-state index in [1.807, 2.05) is 4.90 Å². The minimum absolute atomic E-state index is 0.0458. The highest BCUT2D eigenvalue weighted by Crippen LogP contribution is 2.18. The molecule has 0 atom stereocenters. The first kappa shape index (κ1) is 16.1. The maximum atomic E-state index is 12.5. The molecule has 24 heavy (non-hydrogen) atoms. The minimum atomic E-state index is -0.985. The van der Waals surface area contributed by atoms with Gasteiger partial charge in [0.15, 0.2) is 0 Å². The molecule has 5 nitrogen and oxygen atoms in total. The summed E-state index contributed by atoms with van der Waals surface area (Å²) in [6.45, 7) is 4.97. The highest BCUT2D eigenvalue weighted by molar-refractivity contribution is 5.96. The molecule has 0 aliphatic carbocycles. The topological polar surface area (TPSA) is 60.9 Å². The van der Waals surface area contributed by atoms with Gasteiger partial charge in [-0.25, -0.2) is 4.79 Å². The molecule has 0 radical (unpaired) electrons. The number of piperazine rings is 1. The van der Waals surface area contributed by atoms with Gasteiger partial charge in [-0.05, 0) is 43.3 Å². The van der Waals surface area contributed by atoms with Crippen LogP contribution in [-0.2, 0) is 0 Å². The maximum absolute atomic E-state index is 12.5.